The Bertz CT molecular complexity index is 364. The van der Waals surface area contributed by atoms with Crippen molar-refractivity contribution in [3.63, 3.8) is 0 Å². The highest BCUT2D eigenvalue weighted by atomic mass is 31.2. The van der Waals surface area contributed by atoms with Crippen molar-refractivity contribution >= 4 is 7.82 Å². The van der Waals surface area contributed by atoms with Crippen LogP contribution < -0.4 is 4.89 Å². The zero-order valence-electron chi connectivity index (χ0n) is 18.2. The van der Waals surface area contributed by atoms with E-state index in [2.05, 4.69) is 11.4 Å². The molecule has 176 valence electrons. The van der Waals surface area contributed by atoms with Gasteiger partial charge in [0.05, 0.1) is 52.9 Å². The van der Waals surface area contributed by atoms with E-state index in [-0.39, 0.29) is 13.2 Å². The molecule has 0 saturated carbocycles. The SMILES string of the molecule is CCCCCCCCCCCCOCCOCCOCCOCCOP(=O)([O-])O. The maximum atomic E-state index is 10.3. The third-order valence-corrected chi connectivity index (χ3v) is 4.75. The topological polar surface area (TPSA) is 107 Å². The molecule has 29 heavy (non-hydrogen) atoms. The second-order valence-corrected chi connectivity index (χ2v) is 8.13. The molecule has 0 radical (unpaired) electrons. The molecule has 1 atom stereocenters. The van der Waals surface area contributed by atoms with E-state index in [9.17, 15) is 9.46 Å². The number of hydrogen-bond donors (Lipinski definition) is 1. The average Bonchev–Trinajstić information content (AvgIpc) is 2.67. The Hall–Kier alpha value is -0.0500. The summed E-state index contributed by atoms with van der Waals surface area (Å²) >= 11 is 0. The predicted octanol–water partition coefficient (Wildman–Crippen LogP) is 3.45. The van der Waals surface area contributed by atoms with Gasteiger partial charge >= 0.3 is 0 Å². The molecule has 0 spiro atoms. The molecule has 0 rings (SSSR count). The maximum absolute atomic E-state index is 10.3. The molecular weight excluding hydrogens is 399 g/mol. The van der Waals surface area contributed by atoms with Crippen LogP contribution in [-0.4, -0.2) is 64.4 Å². The summed E-state index contributed by atoms with van der Waals surface area (Å²) in [5.74, 6) is 0. The first-order valence-electron chi connectivity index (χ1n) is 11.1. The quantitative estimate of drug-likeness (QED) is 0.179. The van der Waals surface area contributed by atoms with E-state index in [1.807, 2.05) is 0 Å². The molecule has 0 amide bonds. The summed E-state index contributed by atoms with van der Waals surface area (Å²) in [7, 11) is -4.65. The van der Waals surface area contributed by atoms with E-state index in [1.165, 1.54) is 57.8 Å². The molecular formula is C20H42O8P-. The van der Waals surface area contributed by atoms with E-state index in [0.29, 0.717) is 39.6 Å². The fourth-order valence-electron chi connectivity index (χ4n) is 2.66. The van der Waals surface area contributed by atoms with Crippen LogP contribution in [0.1, 0.15) is 71.1 Å². The van der Waals surface area contributed by atoms with Gasteiger partial charge in [-0.25, -0.2) is 0 Å². The van der Waals surface area contributed by atoms with E-state index in [4.69, 9.17) is 23.8 Å². The normalized spacial score (nSPS) is 13.6. The summed E-state index contributed by atoms with van der Waals surface area (Å²) in [6.45, 7) is 5.74. The Kier molecular flexibility index (Phi) is 22.6. The van der Waals surface area contributed by atoms with Gasteiger partial charge in [0.1, 0.15) is 0 Å². The molecule has 0 aliphatic rings. The van der Waals surface area contributed by atoms with Gasteiger partial charge in [0.15, 0.2) is 0 Å². The van der Waals surface area contributed by atoms with Gasteiger partial charge in [-0.3, -0.25) is 4.57 Å². The molecule has 0 aromatic heterocycles. The molecule has 0 aromatic carbocycles. The summed E-state index contributed by atoms with van der Waals surface area (Å²) < 4.78 is 35.8. The number of ether oxygens (including phenoxy) is 4. The highest BCUT2D eigenvalue weighted by molar-refractivity contribution is 7.44. The van der Waals surface area contributed by atoms with Crippen molar-refractivity contribution in [2.75, 3.05) is 59.5 Å². The monoisotopic (exact) mass is 441 g/mol. The number of phosphoric acid groups is 1. The van der Waals surface area contributed by atoms with E-state index < -0.39 is 7.82 Å². The Balaban J connectivity index is 3.02. The van der Waals surface area contributed by atoms with Gasteiger partial charge in [0.25, 0.3) is 7.82 Å². The Morgan fingerprint density at radius 3 is 1.34 bits per heavy atom. The third kappa shape index (κ3) is 28.0. The minimum absolute atomic E-state index is 0.0725. The first kappa shape index (κ1) is 28.9. The van der Waals surface area contributed by atoms with Crippen LogP contribution in [0.3, 0.4) is 0 Å². The summed E-state index contributed by atoms with van der Waals surface area (Å²) in [5.41, 5.74) is 0. The Morgan fingerprint density at radius 2 is 0.931 bits per heavy atom. The second kappa shape index (κ2) is 22.6. The van der Waals surface area contributed by atoms with Crippen LogP contribution in [-0.2, 0) is 28.0 Å². The molecule has 0 aromatic rings. The smallest absolute Gasteiger partial charge is 0.265 e. The van der Waals surface area contributed by atoms with Crippen molar-refractivity contribution < 1.29 is 37.8 Å². The van der Waals surface area contributed by atoms with Gasteiger partial charge in [-0.2, -0.15) is 0 Å². The zero-order chi connectivity index (χ0) is 21.5. The Morgan fingerprint density at radius 1 is 0.586 bits per heavy atom. The molecule has 0 saturated heterocycles. The van der Waals surface area contributed by atoms with E-state index >= 15 is 0 Å². The zero-order valence-corrected chi connectivity index (χ0v) is 19.1. The molecule has 0 heterocycles. The largest absolute Gasteiger partial charge is 0.756 e. The number of rotatable bonds is 24. The van der Waals surface area contributed by atoms with Gasteiger partial charge in [0, 0.05) is 6.61 Å². The van der Waals surface area contributed by atoms with Crippen LogP contribution in [0, 0.1) is 0 Å². The molecule has 1 N–H and O–H groups in total. The minimum atomic E-state index is -4.65. The molecule has 0 aliphatic heterocycles. The van der Waals surface area contributed by atoms with Crippen molar-refractivity contribution in [2.24, 2.45) is 0 Å². The third-order valence-electron chi connectivity index (χ3n) is 4.24. The molecule has 9 heteroatoms. The summed E-state index contributed by atoms with van der Waals surface area (Å²) in [4.78, 5) is 18.7. The predicted molar refractivity (Wildman–Crippen MR) is 111 cm³/mol. The Labute approximate surface area is 176 Å². The first-order valence-corrected chi connectivity index (χ1v) is 12.5. The van der Waals surface area contributed by atoms with Gasteiger partial charge in [-0.15, -0.1) is 0 Å². The lowest BCUT2D eigenvalue weighted by molar-refractivity contribution is -0.220. The highest BCUT2D eigenvalue weighted by Gasteiger charge is 2.00. The minimum Gasteiger partial charge on any atom is -0.756 e. The number of hydrogen-bond acceptors (Lipinski definition) is 7. The maximum Gasteiger partial charge on any atom is 0.265 e. The molecule has 1 unspecified atom stereocenters. The van der Waals surface area contributed by atoms with Crippen molar-refractivity contribution in [2.45, 2.75) is 71.1 Å². The first-order chi connectivity index (χ1) is 14.1. The highest BCUT2D eigenvalue weighted by Crippen LogP contribution is 2.29. The lowest BCUT2D eigenvalue weighted by atomic mass is 10.1. The fourth-order valence-corrected chi connectivity index (χ4v) is 2.97. The van der Waals surface area contributed by atoms with Crippen LogP contribution in [0.4, 0.5) is 0 Å². The summed E-state index contributed by atoms with van der Waals surface area (Å²) in [6.07, 6.45) is 13.3. The van der Waals surface area contributed by atoms with Crippen molar-refractivity contribution in [3.8, 4) is 0 Å². The van der Waals surface area contributed by atoms with E-state index in [0.717, 1.165) is 13.0 Å². The van der Waals surface area contributed by atoms with Crippen LogP contribution in [0.5, 0.6) is 0 Å². The molecule has 8 nitrogen and oxygen atoms in total. The van der Waals surface area contributed by atoms with Crippen LogP contribution in [0.2, 0.25) is 0 Å². The van der Waals surface area contributed by atoms with Gasteiger partial charge in [-0.05, 0) is 6.42 Å². The van der Waals surface area contributed by atoms with Crippen molar-refractivity contribution in [1.82, 2.24) is 0 Å². The van der Waals surface area contributed by atoms with Crippen molar-refractivity contribution in [3.05, 3.63) is 0 Å². The summed E-state index contributed by atoms with van der Waals surface area (Å²) in [5, 5.41) is 0. The lowest BCUT2D eigenvalue weighted by Crippen LogP contribution is -2.14. The van der Waals surface area contributed by atoms with Crippen molar-refractivity contribution in [1.29, 1.82) is 0 Å². The lowest BCUT2D eigenvalue weighted by Gasteiger charge is -2.15. The molecule has 0 aliphatic carbocycles. The van der Waals surface area contributed by atoms with Crippen LogP contribution in [0.25, 0.3) is 0 Å². The fraction of sp³-hybridized carbons (Fsp3) is 1.00. The van der Waals surface area contributed by atoms with Crippen LogP contribution >= 0.6 is 7.82 Å². The standard InChI is InChI=1S/C20H43O8P/c1-2-3-4-5-6-7-8-9-10-11-12-24-13-14-25-15-16-26-17-18-27-19-20-28-29(21,22)23/h2-20H2,1H3,(H2,21,22,23)/p-1. The van der Waals surface area contributed by atoms with Crippen LogP contribution in [0.15, 0.2) is 0 Å². The number of phosphoric ester groups is 1. The summed E-state index contributed by atoms with van der Waals surface area (Å²) in [6, 6.07) is 0. The molecule has 0 bridgehead atoms. The second-order valence-electron chi connectivity index (χ2n) is 6.93. The van der Waals surface area contributed by atoms with E-state index in [1.54, 1.807) is 0 Å². The van der Waals surface area contributed by atoms with Gasteiger partial charge in [0.2, 0.25) is 0 Å². The number of unbranched alkanes of at least 4 members (excludes halogenated alkanes) is 9. The molecule has 0 fully saturated rings. The van der Waals surface area contributed by atoms with Gasteiger partial charge in [-0.1, -0.05) is 64.7 Å². The van der Waals surface area contributed by atoms with Gasteiger partial charge < -0.3 is 33.3 Å². The average molecular weight is 442 g/mol.